The van der Waals surface area contributed by atoms with Crippen LogP contribution in [-0.4, -0.2) is 66.2 Å². The highest BCUT2D eigenvalue weighted by Crippen LogP contribution is 2.44. The lowest BCUT2D eigenvalue weighted by Crippen LogP contribution is -2.61. The molecule has 1 saturated heterocycles. The van der Waals surface area contributed by atoms with Crippen LogP contribution in [0.15, 0.2) is 48.5 Å². The van der Waals surface area contributed by atoms with Crippen molar-refractivity contribution >= 4 is 23.9 Å². The zero-order valence-corrected chi connectivity index (χ0v) is 19.7. The first-order valence-electron chi connectivity index (χ1n) is 11.6. The molecule has 9 heteroatoms. The second-order valence-corrected chi connectivity index (χ2v) is 9.47. The number of rotatable bonds is 7. The summed E-state index contributed by atoms with van der Waals surface area (Å²) in [6.07, 6.45) is -1.13. The number of fused-ring (bicyclic) bond motifs is 3. The smallest absolute Gasteiger partial charge is 0.407 e. The van der Waals surface area contributed by atoms with Gasteiger partial charge in [0.05, 0.1) is 11.8 Å². The van der Waals surface area contributed by atoms with E-state index < -0.39 is 41.8 Å². The van der Waals surface area contributed by atoms with Crippen molar-refractivity contribution in [3.63, 3.8) is 0 Å². The quantitative estimate of drug-likeness (QED) is 0.560. The summed E-state index contributed by atoms with van der Waals surface area (Å²) >= 11 is 0. The lowest BCUT2D eigenvalue weighted by molar-refractivity contribution is -0.153. The maximum absolute atomic E-state index is 13.2. The molecule has 3 N–H and O–H groups in total. The first kappa shape index (κ1) is 24.3. The zero-order chi connectivity index (χ0) is 25.2. The minimum Gasteiger partial charge on any atom is -0.481 e. The van der Waals surface area contributed by atoms with Crippen LogP contribution in [0.3, 0.4) is 0 Å². The molecule has 2 aromatic carbocycles. The van der Waals surface area contributed by atoms with Gasteiger partial charge in [-0.05, 0) is 36.1 Å². The summed E-state index contributed by atoms with van der Waals surface area (Å²) < 4.78 is 5.53. The summed E-state index contributed by atoms with van der Waals surface area (Å²) in [4.78, 5) is 50.3. The third-order valence-electron chi connectivity index (χ3n) is 6.56. The van der Waals surface area contributed by atoms with Crippen LogP contribution in [0.2, 0.25) is 0 Å². The molecule has 0 radical (unpaired) electrons. The molecule has 0 saturated carbocycles. The number of nitrogens with one attached hydrogen (secondary N) is 2. The van der Waals surface area contributed by atoms with Gasteiger partial charge in [-0.15, -0.1) is 0 Å². The number of carbonyl (C=O) groups is 4. The van der Waals surface area contributed by atoms with E-state index in [1.807, 2.05) is 36.4 Å². The van der Waals surface area contributed by atoms with Crippen molar-refractivity contribution in [1.82, 2.24) is 15.5 Å². The molecular formula is C26H29N3O6. The predicted octanol–water partition coefficient (Wildman–Crippen LogP) is 2.35. The largest absolute Gasteiger partial charge is 0.481 e. The Morgan fingerprint density at radius 1 is 1.09 bits per heavy atom. The lowest BCUT2D eigenvalue weighted by atomic mass is 9.90. The Labute approximate surface area is 203 Å². The van der Waals surface area contributed by atoms with Crippen LogP contribution in [0, 0.1) is 5.41 Å². The summed E-state index contributed by atoms with van der Waals surface area (Å²) in [5.74, 6) is -2.14. The summed E-state index contributed by atoms with van der Waals surface area (Å²) in [5.41, 5.74) is 3.39. The van der Waals surface area contributed by atoms with E-state index in [0.717, 1.165) is 22.3 Å². The van der Waals surface area contributed by atoms with Crippen LogP contribution in [-0.2, 0) is 19.1 Å². The topological polar surface area (TPSA) is 125 Å². The monoisotopic (exact) mass is 479 g/mol. The summed E-state index contributed by atoms with van der Waals surface area (Å²) in [6.45, 7) is 3.86. The Hall–Kier alpha value is -3.88. The maximum atomic E-state index is 13.2. The summed E-state index contributed by atoms with van der Waals surface area (Å²) in [5, 5.41) is 14.4. The van der Waals surface area contributed by atoms with Crippen molar-refractivity contribution in [2.45, 2.75) is 32.2 Å². The average Bonchev–Trinajstić information content (AvgIpc) is 3.16. The van der Waals surface area contributed by atoms with Crippen molar-refractivity contribution in [3.8, 4) is 11.1 Å². The third-order valence-corrected chi connectivity index (χ3v) is 6.56. The second kappa shape index (κ2) is 9.77. The van der Waals surface area contributed by atoms with Gasteiger partial charge < -0.3 is 25.4 Å². The Morgan fingerprint density at radius 3 is 2.29 bits per heavy atom. The Bertz CT molecular complexity index is 1120. The van der Waals surface area contributed by atoms with E-state index in [9.17, 15) is 19.2 Å². The van der Waals surface area contributed by atoms with Crippen LogP contribution >= 0.6 is 0 Å². The van der Waals surface area contributed by atoms with E-state index in [1.54, 1.807) is 13.8 Å². The molecule has 1 heterocycles. The number of hydrogen-bond acceptors (Lipinski definition) is 5. The van der Waals surface area contributed by atoms with Gasteiger partial charge in [0.15, 0.2) is 0 Å². The number of aliphatic carboxylic acids is 1. The Morgan fingerprint density at radius 2 is 1.69 bits per heavy atom. The minimum atomic E-state index is -1.17. The highest BCUT2D eigenvalue weighted by Gasteiger charge is 2.41. The highest BCUT2D eigenvalue weighted by atomic mass is 16.5. The van der Waals surface area contributed by atoms with E-state index >= 15 is 0 Å². The number of benzene rings is 2. The van der Waals surface area contributed by atoms with Crippen molar-refractivity contribution in [3.05, 3.63) is 59.7 Å². The first-order valence-corrected chi connectivity index (χ1v) is 11.6. The zero-order valence-electron chi connectivity index (χ0n) is 19.7. The summed E-state index contributed by atoms with van der Waals surface area (Å²) in [6, 6.07) is 15.0. The van der Waals surface area contributed by atoms with Crippen molar-refractivity contribution in [2.75, 3.05) is 26.2 Å². The Kier molecular flexibility index (Phi) is 6.77. The van der Waals surface area contributed by atoms with Crippen LogP contribution < -0.4 is 10.6 Å². The molecule has 0 spiro atoms. The number of hydrogen-bond donors (Lipinski definition) is 3. The number of piperazine rings is 1. The van der Waals surface area contributed by atoms with Crippen LogP contribution in [0.1, 0.15) is 37.3 Å². The van der Waals surface area contributed by atoms with Crippen LogP contribution in [0.5, 0.6) is 0 Å². The van der Waals surface area contributed by atoms with Crippen molar-refractivity contribution in [1.29, 1.82) is 0 Å². The minimum absolute atomic E-state index is 0.0274. The highest BCUT2D eigenvalue weighted by molar-refractivity contribution is 5.93. The third kappa shape index (κ3) is 4.99. The number of nitrogens with zero attached hydrogens (tertiary/aromatic N) is 1. The van der Waals surface area contributed by atoms with E-state index in [4.69, 9.17) is 9.84 Å². The molecule has 1 fully saturated rings. The van der Waals surface area contributed by atoms with E-state index in [1.165, 1.54) is 4.90 Å². The molecule has 1 unspecified atom stereocenters. The van der Waals surface area contributed by atoms with E-state index in [-0.39, 0.29) is 32.2 Å². The number of amides is 3. The van der Waals surface area contributed by atoms with Gasteiger partial charge in [0, 0.05) is 25.6 Å². The molecule has 0 aromatic heterocycles. The van der Waals surface area contributed by atoms with Gasteiger partial charge in [0.1, 0.15) is 12.6 Å². The molecule has 2 aromatic rings. The number of ether oxygens (including phenoxy) is 1. The molecule has 1 aliphatic carbocycles. The van der Waals surface area contributed by atoms with E-state index in [0.29, 0.717) is 0 Å². The predicted molar refractivity (Wildman–Crippen MR) is 128 cm³/mol. The standard InChI is InChI=1S/C26H29N3O6/c1-26(2,24(33)29-12-11-27-23(32)21(29)13-22(30)31)15-28-25(34)35-14-20-18-9-5-3-7-16(18)17-8-4-6-10-19(17)20/h3-10,20-21H,11-15H2,1-2H3,(H,27,32)(H,28,34)(H,30,31). The fourth-order valence-corrected chi connectivity index (χ4v) is 4.73. The van der Waals surface area contributed by atoms with Gasteiger partial charge >= 0.3 is 12.1 Å². The number of alkyl carbamates (subject to hydrolysis) is 1. The van der Waals surface area contributed by atoms with Gasteiger partial charge in [-0.1, -0.05) is 48.5 Å². The van der Waals surface area contributed by atoms with E-state index in [2.05, 4.69) is 22.8 Å². The SMILES string of the molecule is CC(C)(CNC(=O)OCC1c2ccccc2-c2ccccc21)C(=O)N1CCNC(=O)C1CC(=O)O. The van der Waals surface area contributed by atoms with Gasteiger partial charge in [0.25, 0.3) is 0 Å². The molecular weight excluding hydrogens is 450 g/mol. The van der Waals surface area contributed by atoms with Gasteiger partial charge in [-0.3, -0.25) is 14.4 Å². The lowest BCUT2D eigenvalue weighted by Gasteiger charge is -2.39. The molecule has 0 bridgehead atoms. The average molecular weight is 480 g/mol. The molecule has 2 aliphatic rings. The molecule has 4 rings (SSSR count). The fourth-order valence-electron chi connectivity index (χ4n) is 4.73. The van der Waals surface area contributed by atoms with Gasteiger partial charge in [-0.2, -0.15) is 0 Å². The molecule has 3 amide bonds. The van der Waals surface area contributed by atoms with Crippen LogP contribution in [0.25, 0.3) is 11.1 Å². The number of carboxylic acids is 1. The first-order chi connectivity index (χ1) is 16.7. The van der Waals surface area contributed by atoms with Crippen LogP contribution in [0.4, 0.5) is 4.79 Å². The summed E-state index contributed by atoms with van der Waals surface area (Å²) in [7, 11) is 0. The maximum Gasteiger partial charge on any atom is 0.407 e. The molecule has 1 atom stereocenters. The fraction of sp³-hybridized carbons (Fsp3) is 0.385. The van der Waals surface area contributed by atoms with Gasteiger partial charge in [-0.25, -0.2) is 4.79 Å². The normalized spacial score (nSPS) is 17.3. The molecule has 184 valence electrons. The van der Waals surface area contributed by atoms with Crippen molar-refractivity contribution in [2.24, 2.45) is 5.41 Å². The second-order valence-electron chi connectivity index (χ2n) is 9.47. The molecule has 35 heavy (non-hydrogen) atoms. The molecule has 9 nitrogen and oxygen atoms in total. The number of carbonyl (C=O) groups excluding carboxylic acids is 3. The Balaban J connectivity index is 1.36. The molecule has 1 aliphatic heterocycles. The van der Waals surface area contributed by atoms with Gasteiger partial charge in [0.2, 0.25) is 11.8 Å². The number of carboxylic acid groups (broad SMARTS) is 1. The van der Waals surface area contributed by atoms with Crippen molar-refractivity contribution < 1.29 is 29.0 Å².